The number of hydrogen-bond donors (Lipinski definition) is 1. The van der Waals surface area contributed by atoms with Crippen LogP contribution in [0.1, 0.15) is 39.1 Å². The second-order valence-electron chi connectivity index (χ2n) is 10.4. The SMILES string of the molecule is COc1ccc(C2CC(c3cccs3)=NN2C(=O)CSc2nnc(CNC(=O)c3cccc(OC)c3)n2-c2ccccc2OC)cc1. The molecule has 6 rings (SSSR count). The summed E-state index contributed by atoms with van der Waals surface area (Å²) < 4.78 is 18.0. The van der Waals surface area contributed by atoms with Crippen LogP contribution in [0.4, 0.5) is 0 Å². The van der Waals surface area contributed by atoms with Gasteiger partial charge in [0.05, 0.1) is 55.9 Å². The Morgan fingerprint density at radius 3 is 2.47 bits per heavy atom. The monoisotopic (exact) mass is 668 g/mol. The van der Waals surface area contributed by atoms with Crippen LogP contribution in [-0.2, 0) is 11.3 Å². The molecule has 240 valence electrons. The van der Waals surface area contributed by atoms with E-state index >= 15 is 0 Å². The topological polar surface area (TPSA) is 120 Å². The number of amides is 2. The number of nitrogens with zero attached hydrogens (tertiary/aromatic N) is 5. The molecule has 0 fully saturated rings. The quantitative estimate of drug-likeness (QED) is 0.167. The van der Waals surface area contributed by atoms with E-state index in [1.54, 1.807) is 66.5 Å². The third-order valence-electron chi connectivity index (χ3n) is 7.56. The highest BCUT2D eigenvalue weighted by Gasteiger charge is 2.34. The Bertz CT molecular complexity index is 1890. The highest BCUT2D eigenvalue weighted by Crippen LogP contribution is 2.36. The number of hydrazone groups is 1. The van der Waals surface area contributed by atoms with Crippen molar-refractivity contribution in [3.05, 3.63) is 112 Å². The van der Waals surface area contributed by atoms with Gasteiger partial charge in [-0.1, -0.05) is 48.2 Å². The molecule has 3 aromatic carbocycles. The minimum atomic E-state index is -0.291. The standard InChI is InChI=1S/C34H32N6O5S2/c1-43-24-15-13-22(14-16-24)28-19-26(30-12-7-17-46-30)38-40(28)32(41)21-47-34-37-36-31(39(34)27-10-4-5-11-29(27)45-3)20-35-33(42)23-8-6-9-25(18-23)44-2/h4-18,28H,19-21H2,1-3H3,(H,35,42). The number of ether oxygens (including phenoxy) is 3. The van der Waals surface area contributed by atoms with Gasteiger partial charge >= 0.3 is 0 Å². The van der Waals surface area contributed by atoms with Crippen LogP contribution in [0.3, 0.4) is 0 Å². The van der Waals surface area contributed by atoms with Gasteiger partial charge in [0.25, 0.3) is 11.8 Å². The summed E-state index contributed by atoms with van der Waals surface area (Å²) >= 11 is 2.84. The Hall–Kier alpha value is -5.14. The summed E-state index contributed by atoms with van der Waals surface area (Å²) in [6.45, 7) is 0.0791. The average molecular weight is 669 g/mol. The highest BCUT2D eigenvalue weighted by molar-refractivity contribution is 7.99. The van der Waals surface area contributed by atoms with Crippen LogP contribution in [0.2, 0.25) is 0 Å². The van der Waals surface area contributed by atoms with E-state index in [2.05, 4.69) is 15.5 Å². The first-order chi connectivity index (χ1) is 23.0. The molecule has 0 saturated carbocycles. The van der Waals surface area contributed by atoms with Gasteiger partial charge in [-0.2, -0.15) is 5.10 Å². The molecule has 0 aliphatic carbocycles. The normalized spacial score (nSPS) is 14.1. The van der Waals surface area contributed by atoms with Crippen LogP contribution in [0.5, 0.6) is 17.2 Å². The Kier molecular flexibility index (Phi) is 9.83. The van der Waals surface area contributed by atoms with E-state index in [0.29, 0.717) is 40.2 Å². The number of aromatic nitrogens is 3. The number of methoxy groups -OCH3 is 3. The van der Waals surface area contributed by atoms with Crippen LogP contribution in [-0.4, -0.2) is 64.4 Å². The van der Waals surface area contributed by atoms with Crippen LogP contribution < -0.4 is 19.5 Å². The molecule has 2 aromatic heterocycles. The maximum atomic E-state index is 13.9. The molecule has 1 aliphatic heterocycles. The number of thioether (sulfide) groups is 1. The van der Waals surface area contributed by atoms with E-state index in [-0.39, 0.29) is 30.2 Å². The molecule has 2 amide bonds. The number of carbonyl (C=O) groups excluding carboxylic acids is 2. The fraction of sp³-hybridized carbons (Fsp3) is 0.206. The van der Waals surface area contributed by atoms with Crippen LogP contribution in [0.15, 0.2) is 101 Å². The molecule has 1 unspecified atom stereocenters. The number of nitrogens with one attached hydrogen (secondary N) is 1. The third kappa shape index (κ3) is 7.00. The van der Waals surface area contributed by atoms with E-state index < -0.39 is 0 Å². The van der Waals surface area contributed by atoms with E-state index in [1.807, 2.05) is 66.0 Å². The smallest absolute Gasteiger partial charge is 0.253 e. The van der Waals surface area contributed by atoms with E-state index in [4.69, 9.17) is 19.3 Å². The van der Waals surface area contributed by atoms with Gasteiger partial charge in [0.2, 0.25) is 0 Å². The van der Waals surface area contributed by atoms with Crippen molar-refractivity contribution < 1.29 is 23.8 Å². The van der Waals surface area contributed by atoms with E-state index in [9.17, 15) is 9.59 Å². The molecule has 0 saturated heterocycles. The fourth-order valence-corrected chi connectivity index (χ4v) is 6.74. The number of hydrogen-bond acceptors (Lipinski definition) is 10. The van der Waals surface area contributed by atoms with Gasteiger partial charge in [-0.15, -0.1) is 21.5 Å². The Balaban J connectivity index is 1.25. The lowest BCUT2D eigenvalue weighted by Crippen LogP contribution is -2.28. The number of rotatable bonds is 12. The minimum Gasteiger partial charge on any atom is -0.497 e. The molecule has 1 aliphatic rings. The summed E-state index contributed by atoms with van der Waals surface area (Å²) in [6.07, 6.45) is 0.595. The molecular weight excluding hydrogens is 637 g/mol. The highest BCUT2D eigenvalue weighted by atomic mass is 32.2. The van der Waals surface area contributed by atoms with Gasteiger partial charge in [0.15, 0.2) is 11.0 Å². The lowest BCUT2D eigenvalue weighted by Gasteiger charge is -2.22. The van der Waals surface area contributed by atoms with Gasteiger partial charge in [-0.05, 0) is 59.5 Å². The molecule has 47 heavy (non-hydrogen) atoms. The molecule has 0 radical (unpaired) electrons. The van der Waals surface area contributed by atoms with Gasteiger partial charge in [-0.3, -0.25) is 14.2 Å². The maximum absolute atomic E-state index is 13.9. The molecule has 1 N–H and O–H groups in total. The number of benzene rings is 3. The van der Waals surface area contributed by atoms with Gasteiger partial charge < -0.3 is 19.5 Å². The van der Waals surface area contributed by atoms with Crippen molar-refractivity contribution in [3.63, 3.8) is 0 Å². The Morgan fingerprint density at radius 2 is 1.72 bits per heavy atom. The molecule has 0 spiro atoms. The van der Waals surface area contributed by atoms with Crippen molar-refractivity contribution in [2.45, 2.75) is 24.2 Å². The first-order valence-corrected chi connectivity index (χ1v) is 16.6. The fourth-order valence-electron chi connectivity index (χ4n) is 5.20. The Labute approximate surface area is 280 Å². The zero-order valence-electron chi connectivity index (χ0n) is 26.0. The number of thiophene rings is 1. The van der Waals surface area contributed by atoms with Crippen LogP contribution >= 0.6 is 23.1 Å². The first kappa shape index (κ1) is 31.8. The van der Waals surface area contributed by atoms with Crippen molar-refractivity contribution in [2.24, 2.45) is 5.10 Å². The largest absolute Gasteiger partial charge is 0.497 e. The lowest BCUT2D eigenvalue weighted by atomic mass is 10.0. The molecule has 5 aromatic rings. The van der Waals surface area contributed by atoms with Crippen molar-refractivity contribution in [2.75, 3.05) is 27.1 Å². The maximum Gasteiger partial charge on any atom is 0.253 e. The van der Waals surface area contributed by atoms with Crippen LogP contribution in [0, 0.1) is 0 Å². The Morgan fingerprint density at radius 1 is 0.915 bits per heavy atom. The molecular formula is C34H32N6O5S2. The lowest BCUT2D eigenvalue weighted by molar-refractivity contribution is -0.130. The van der Waals surface area contributed by atoms with Crippen molar-refractivity contribution in [1.82, 2.24) is 25.1 Å². The van der Waals surface area contributed by atoms with Crippen molar-refractivity contribution >= 4 is 40.6 Å². The summed E-state index contributed by atoms with van der Waals surface area (Å²) in [5.74, 6) is 1.96. The summed E-state index contributed by atoms with van der Waals surface area (Å²) in [5.41, 5.74) is 2.96. The summed E-state index contributed by atoms with van der Waals surface area (Å²) in [5, 5.41) is 20.6. The summed E-state index contributed by atoms with van der Waals surface area (Å²) in [7, 11) is 4.76. The first-order valence-electron chi connectivity index (χ1n) is 14.7. The van der Waals surface area contributed by atoms with E-state index in [1.165, 1.54) is 11.8 Å². The third-order valence-corrected chi connectivity index (χ3v) is 9.39. The number of carbonyl (C=O) groups is 2. The predicted octanol–water partition coefficient (Wildman–Crippen LogP) is 5.75. The number of para-hydroxylation sites is 2. The second-order valence-corrected chi connectivity index (χ2v) is 12.3. The molecule has 13 heteroatoms. The van der Waals surface area contributed by atoms with Gasteiger partial charge in [0.1, 0.15) is 17.2 Å². The zero-order valence-corrected chi connectivity index (χ0v) is 27.6. The van der Waals surface area contributed by atoms with Crippen molar-refractivity contribution in [3.8, 4) is 22.9 Å². The second kappa shape index (κ2) is 14.5. The molecule has 0 bridgehead atoms. The molecule has 3 heterocycles. The van der Waals surface area contributed by atoms with Crippen LogP contribution in [0.25, 0.3) is 5.69 Å². The minimum absolute atomic E-state index is 0.0529. The van der Waals surface area contributed by atoms with E-state index in [0.717, 1.165) is 21.9 Å². The van der Waals surface area contributed by atoms with Crippen molar-refractivity contribution in [1.29, 1.82) is 0 Å². The summed E-state index contributed by atoms with van der Waals surface area (Å²) in [4.78, 5) is 27.9. The summed E-state index contributed by atoms with van der Waals surface area (Å²) in [6, 6.07) is 25.8. The average Bonchev–Trinajstić information content (AvgIpc) is 3.90. The van der Waals surface area contributed by atoms with Gasteiger partial charge in [-0.25, -0.2) is 5.01 Å². The van der Waals surface area contributed by atoms with Gasteiger partial charge in [0, 0.05) is 12.0 Å². The predicted molar refractivity (Wildman–Crippen MR) is 181 cm³/mol. The zero-order chi connectivity index (χ0) is 32.8. The molecule has 11 nitrogen and oxygen atoms in total. The molecule has 1 atom stereocenters.